The SMILES string of the molecule is Cc1cc(N=[N+]=[N-])c(C=O)cc1Br. The van der Waals surface area contributed by atoms with E-state index < -0.39 is 0 Å². The highest BCUT2D eigenvalue weighted by molar-refractivity contribution is 9.10. The van der Waals surface area contributed by atoms with E-state index in [4.69, 9.17) is 5.53 Å². The Morgan fingerprint density at radius 2 is 2.31 bits per heavy atom. The van der Waals surface area contributed by atoms with E-state index in [-0.39, 0.29) is 0 Å². The number of azide groups is 1. The molecule has 0 unspecified atom stereocenters. The zero-order valence-corrected chi connectivity index (χ0v) is 8.45. The third-order valence-corrected chi connectivity index (χ3v) is 2.44. The van der Waals surface area contributed by atoms with Crippen molar-refractivity contribution in [3.05, 3.63) is 38.2 Å². The fourth-order valence-corrected chi connectivity index (χ4v) is 1.27. The van der Waals surface area contributed by atoms with Crippen LogP contribution in [0.25, 0.3) is 10.4 Å². The van der Waals surface area contributed by atoms with Crippen LogP contribution in [-0.4, -0.2) is 6.29 Å². The first-order valence-electron chi connectivity index (χ1n) is 3.49. The highest BCUT2D eigenvalue weighted by Gasteiger charge is 2.03. The van der Waals surface area contributed by atoms with Crippen LogP contribution in [0.2, 0.25) is 0 Å². The van der Waals surface area contributed by atoms with Gasteiger partial charge in [0.05, 0.1) is 0 Å². The first-order valence-corrected chi connectivity index (χ1v) is 4.28. The molecule has 0 aromatic heterocycles. The summed E-state index contributed by atoms with van der Waals surface area (Å²) in [5.41, 5.74) is 9.90. The van der Waals surface area contributed by atoms with Crippen molar-refractivity contribution < 1.29 is 4.79 Å². The van der Waals surface area contributed by atoms with E-state index in [9.17, 15) is 4.79 Å². The van der Waals surface area contributed by atoms with Crippen molar-refractivity contribution in [1.29, 1.82) is 0 Å². The predicted molar refractivity (Wildman–Crippen MR) is 53.1 cm³/mol. The van der Waals surface area contributed by atoms with Crippen LogP contribution in [0.3, 0.4) is 0 Å². The lowest BCUT2D eigenvalue weighted by molar-refractivity contribution is 0.112. The fourth-order valence-electron chi connectivity index (χ4n) is 0.911. The number of carbonyl (C=O) groups is 1. The maximum atomic E-state index is 10.6. The van der Waals surface area contributed by atoms with Crippen LogP contribution in [0.1, 0.15) is 15.9 Å². The van der Waals surface area contributed by atoms with Gasteiger partial charge >= 0.3 is 0 Å². The first kappa shape index (κ1) is 9.77. The van der Waals surface area contributed by atoms with Crippen LogP contribution in [-0.2, 0) is 0 Å². The van der Waals surface area contributed by atoms with E-state index in [0.29, 0.717) is 17.5 Å². The van der Waals surface area contributed by atoms with E-state index in [1.165, 1.54) is 0 Å². The number of aryl methyl sites for hydroxylation is 1. The summed E-state index contributed by atoms with van der Waals surface area (Å²) < 4.78 is 0.825. The van der Waals surface area contributed by atoms with Gasteiger partial charge in [-0.25, -0.2) is 0 Å². The highest BCUT2D eigenvalue weighted by atomic mass is 79.9. The van der Waals surface area contributed by atoms with Crippen LogP contribution in [0.4, 0.5) is 5.69 Å². The molecule has 0 amide bonds. The quantitative estimate of drug-likeness (QED) is 0.337. The summed E-state index contributed by atoms with van der Waals surface area (Å²) in [6.45, 7) is 1.86. The number of carbonyl (C=O) groups excluding carboxylic acids is 1. The molecule has 0 atom stereocenters. The molecular formula is C8H6BrN3O. The average Bonchev–Trinajstić information content (AvgIpc) is 2.11. The summed E-state index contributed by atoms with van der Waals surface area (Å²) in [5, 5.41) is 3.41. The van der Waals surface area contributed by atoms with Crippen LogP contribution in [0.15, 0.2) is 21.7 Å². The molecule has 0 aliphatic carbocycles. The van der Waals surface area contributed by atoms with E-state index in [1.54, 1.807) is 12.1 Å². The lowest BCUT2D eigenvalue weighted by Crippen LogP contribution is -1.83. The van der Waals surface area contributed by atoms with E-state index in [0.717, 1.165) is 10.0 Å². The lowest BCUT2D eigenvalue weighted by atomic mass is 10.1. The van der Waals surface area contributed by atoms with Crippen LogP contribution in [0, 0.1) is 6.92 Å². The van der Waals surface area contributed by atoms with Crippen LogP contribution < -0.4 is 0 Å². The summed E-state index contributed by atoms with van der Waals surface area (Å²) in [7, 11) is 0. The van der Waals surface area contributed by atoms with Gasteiger partial charge in [0.2, 0.25) is 0 Å². The van der Waals surface area contributed by atoms with E-state index >= 15 is 0 Å². The molecule has 1 aromatic carbocycles. The number of aldehydes is 1. The monoisotopic (exact) mass is 239 g/mol. The molecule has 0 saturated carbocycles. The van der Waals surface area contributed by atoms with Crippen LogP contribution in [0.5, 0.6) is 0 Å². The second kappa shape index (κ2) is 4.07. The Morgan fingerprint density at radius 1 is 1.62 bits per heavy atom. The number of hydrogen-bond donors (Lipinski definition) is 0. The topological polar surface area (TPSA) is 65.8 Å². The van der Waals surface area contributed by atoms with Crippen molar-refractivity contribution in [3.63, 3.8) is 0 Å². The largest absolute Gasteiger partial charge is 0.298 e. The molecule has 0 bridgehead atoms. The Labute approximate surface area is 83.3 Å². The van der Waals surface area contributed by atoms with Crippen molar-refractivity contribution in [1.82, 2.24) is 0 Å². The van der Waals surface area contributed by atoms with Gasteiger partial charge in [0.1, 0.15) is 0 Å². The standard InChI is InChI=1S/C8H6BrN3O/c1-5-2-8(11-12-10)6(4-13)3-7(5)9/h2-4H,1H3. The van der Waals surface area contributed by atoms with Crippen LogP contribution >= 0.6 is 15.9 Å². The second-order valence-corrected chi connectivity index (χ2v) is 3.32. The third kappa shape index (κ3) is 2.08. The minimum atomic E-state index is 0.359. The van der Waals surface area contributed by atoms with Gasteiger partial charge in [0, 0.05) is 20.6 Å². The Balaban J connectivity index is 3.40. The average molecular weight is 240 g/mol. The molecule has 0 N–H and O–H groups in total. The molecular weight excluding hydrogens is 234 g/mol. The van der Waals surface area contributed by atoms with Gasteiger partial charge in [-0.1, -0.05) is 21.0 Å². The number of halogens is 1. The van der Waals surface area contributed by atoms with Crippen molar-refractivity contribution in [3.8, 4) is 0 Å². The minimum absolute atomic E-state index is 0.359. The fraction of sp³-hybridized carbons (Fsp3) is 0.125. The molecule has 0 heterocycles. The number of hydrogen-bond acceptors (Lipinski definition) is 2. The lowest BCUT2D eigenvalue weighted by Gasteiger charge is -2.01. The summed E-state index contributed by atoms with van der Waals surface area (Å²) in [6, 6.07) is 3.29. The number of benzene rings is 1. The smallest absolute Gasteiger partial charge is 0.150 e. The van der Waals surface area contributed by atoms with Gasteiger partial charge < -0.3 is 0 Å². The number of rotatable bonds is 2. The molecule has 0 aliphatic rings. The van der Waals surface area contributed by atoms with E-state index in [2.05, 4.69) is 26.0 Å². The number of nitrogens with zero attached hydrogens (tertiary/aromatic N) is 3. The second-order valence-electron chi connectivity index (χ2n) is 2.47. The Hall–Kier alpha value is -1.32. The molecule has 0 radical (unpaired) electrons. The van der Waals surface area contributed by atoms with Crippen molar-refractivity contribution >= 4 is 27.9 Å². The first-order chi connectivity index (χ1) is 6.19. The zero-order valence-electron chi connectivity index (χ0n) is 6.86. The zero-order chi connectivity index (χ0) is 9.84. The van der Waals surface area contributed by atoms with Gasteiger partial charge in [-0.15, -0.1) is 0 Å². The summed E-state index contributed by atoms with van der Waals surface area (Å²) >= 11 is 3.28. The molecule has 1 aromatic rings. The molecule has 13 heavy (non-hydrogen) atoms. The molecule has 0 fully saturated rings. The van der Waals surface area contributed by atoms with Gasteiger partial charge in [0.15, 0.2) is 6.29 Å². The molecule has 66 valence electrons. The Kier molecular flexibility index (Phi) is 3.06. The Bertz CT molecular complexity index is 397. The van der Waals surface area contributed by atoms with Gasteiger partial charge in [-0.3, -0.25) is 4.79 Å². The predicted octanol–water partition coefficient (Wildman–Crippen LogP) is 3.51. The van der Waals surface area contributed by atoms with Gasteiger partial charge in [-0.05, 0) is 30.2 Å². The third-order valence-electron chi connectivity index (χ3n) is 1.59. The Morgan fingerprint density at radius 3 is 2.85 bits per heavy atom. The molecule has 0 aliphatic heterocycles. The molecule has 0 spiro atoms. The van der Waals surface area contributed by atoms with Crippen molar-refractivity contribution in [2.45, 2.75) is 6.92 Å². The molecule has 4 nitrogen and oxygen atoms in total. The molecule has 5 heteroatoms. The van der Waals surface area contributed by atoms with E-state index in [1.807, 2.05) is 6.92 Å². The van der Waals surface area contributed by atoms with Crippen molar-refractivity contribution in [2.24, 2.45) is 5.11 Å². The van der Waals surface area contributed by atoms with Gasteiger partial charge in [0.25, 0.3) is 0 Å². The minimum Gasteiger partial charge on any atom is -0.298 e. The molecule has 1 rings (SSSR count). The molecule has 0 saturated heterocycles. The normalized spacial score (nSPS) is 9.08. The van der Waals surface area contributed by atoms with Crippen molar-refractivity contribution in [2.75, 3.05) is 0 Å². The maximum Gasteiger partial charge on any atom is 0.150 e. The van der Waals surface area contributed by atoms with Gasteiger partial charge in [-0.2, -0.15) is 0 Å². The maximum absolute atomic E-state index is 10.6. The summed E-state index contributed by atoms with van der Waals surface area (Å²) in [6.07, 6.45) is 0.661. The highest BCUT2D eigenvalue weighted by Crippen LogP contribution is 2.26. The summed E-state index contributed by atoms with van der Waals surface area (Å²) in [5.74, 6) is 0. The summed E-state index contributed by atoms with van der Waals surface area (Å²) in [4.78, 5) is 13.2.